The fourth-order valence-corrected chi connectivity index (χ4v) is 4.29. The first-order valence-corrected chi connectivity index (χ1v) is 11.2. The van der Waals surface area contributed by atoms with Gasteiger partial charge in [0.25, 0.3) is 0 Å². The minimum Gasteiger partial charge on any atom is -0.491 e. The van der Waals surface area contributed by atoms with Crippen molar-refractivity contribution in [1.29, 1.82) is 0 Å². The van der Waals surface area contributed by atoms with Gasteiger partial charge in [-0.05, 0) is 41.0 Å². The van der Waals surface area contributed by atoms with Gasteiger partial charge < -0.3 is 14.2 Å². The van der Waals surface area contributed by atoms with E-state index < -0.39 is 0 Å². The fourth-order valence-electron chi connectivity index (χ4n) is 2.52. The van der Waals surface area contributed by atoms with Crippen molar-refractivity contribution in [3.05, 3.63) is 46.7 Å². The number of hydrogen-bond acceptors (Lipinski definition) is 5. The van der Waals surface area contributed by atoms with Crippen molar-refractivity contribution in [2.75, 3.05) is 25.6 Å². The fraction of sp³-hybridized carbons (Fsp3) is 0.524. The van der Waals surface area contributed by atoms with E-state index in [4.69, 9.17) is 14.2 Å². The SMILES string of the molecule is CC(C)C(C)c1ccc(OCC(CSc2ccsc2)OCC2CO2)cc1. The highest BCUT2D eigenvalue weighted by Crippen LogP contribution is 2.26. The molecule has 0 bridgehead atoms. The highest BCUT2D eigenvalue weighted by Gasteiger charge is 2.24. The van der Waals surface area contributed by atoms with Crippen molar-refractivity contribution in [2.45, 2.75) is 43.8 Å². The summed E-state index contributed by atoms with van der Waals surface area (Å²) in [5.41, 5.74) is 1.36. The van der Waals surface area contributed by atoms with Gasteiger partial charge in [-0.25, -0.2) is 0 Å². The quantitative estimate of drug-likeness (QED) is 0.375. The Bertz CT molecular complexity index is 636. The van der Waals surface area contributed by atoms with E-state index in [1.165, 1.54) is 10.5 Å². The second-order valence-electron chi connectivity index (χ2n) is 7.09. The zero-order chi connectivity index (χ0) is 18.4. The summed E-state index contributed by atoms with van der Waals surface area (Å²) < 4.78 is 17.3. The van der Waals surface area contributed by atoms with Crippen LogP contribution in [0, 0.1) is 5.92 Å². The number of rotatable bonds is 11. The van der Waals surface area contributed by atoms with Crippen LogP contribution < -0.4 is 4.74 Å². The molecule has 0 N–H and O–H groups in total. The first-order valence-electron chi connectivity index (χ1n) is 9.22. The summed E-state index contributed by atoms with van der Waals surface area (Å²) in [5, 5.41) is 4.27. The van der Waals surface area contributed by atoms with Crippen molar-refractivity contribution in [1.82, 2.24) is 0 Å². The maximum atomic E-state index is 6.01. The van der Waals surface area contributed by atoms with Crippen molar-refractivity contribution in [3.8, 4) is 5.75 Å². The molecule has 5 heteroatoms. The van der Waals surface area contributed by atoms with Crippen molar-refractivity contribution in [3.63, 3.8) is 0 Å². The molecular formula is C21H28O3S2. The molecule has 0 saturated carbocycles. The summed E-state index contributed by atoms with van der Waals surface area (Å²) in [4.78, 5) is 1.29. The number of thioether (sulfide) groups is 1. The summed E-state index contributed by atoms with van der Waals surface area (Å²) in [6, 6.07) is 10.6. The van der Waals surface area contributed by atoms with Gasteiger partial charge in [0.05, 0.1) is 13.2 Å². The molecule has 3 atom stereocenters. The van der Waals surface area contributed by atoms with Crippen LogP contribution in [-0.2, 0) is 9.47 Å². The van der Waals surface area contributed by atoms with Gasteiger partial charge in [0.1, 0.15) is 24.6 Å². The van der Waals surface area contributed by atoms with Crippen molar-refractivity contribution < 1.29 is 14.2 Å². The number of ether oxygens (including phenoxy) is 3. The Morgan fingerprint density at radius 2 is 1.96 bits per heavy atom. The predicted molar refractivity (Wildman–Crippen MR) is 110 cm³/mol. The van der Waals surface area contributed by atoms with Crippen LogP contribution in [-0.4, -0.2) is 37.8 Å². The average Bonchev–Trinajstić information content (AvgIpc) is 3.33. The molecule has 2 heterocycles. The van der Waals surface area contributed by atoms with Gasteiger partial charge in [-0.1, -0.05) is 32.9 Å². The molecule has 1 saturated heterocycles. The molecule has 26 heavy (non-hydrogen) atoms. The van der Waals surface area contributed by atoms with Gasteiger partial charge in [0.2, 0.25) is 0 Å². The number of epoxide rings is 1. The third kappa shape index (κ3) is 6.31. The summed E-state index contributed by atoms with van der Waals surface area (Å²) in [5.74, 6) is 2.98. The van der Waals surface area contributed by atoms with Crippen LogP contribution in [0.5, 0.6) is 5.75 Å². The molecule has 1 aromatic heterocycles. The lowest BCUT2D eigenvalue weighted by Crippen LogP contribution is -2.26. The molecule has 3 unspecified atom stereocenters. The Hall–Kier alpha value is -1.01. The van der Waals surface area contributed by atoms with Crippen molar-refractivity contribution >= 4 is 23.1 Å². The summed E-state index contributed by atoms with van der Waals surface area (Å²) in [6.07, 6.45) is 0.332. The van der Waals surface area contributed by atoms with Crippen LogP contribution in [0.1, 0.15) is 32.3 Å². The Morgan fingerprint density at radius 1 is 1.19 bits per heavy atom. The Morgan fingerprint density at radius 3 is 2.58 bits per heavy atom. The topological polar surface area (TPSA) is 31.0 Å². The molecule has 0 spiro atoms. The second kappa shape index (κ2) is 9.79. The maximum absolute atomic E-state index is 6.01. The monoisotopic (exact) mass is 392 g/mol. The molecule has 1 fully saturated rings. The normalized spacial score (nSPS) is 18.7. The molecule has 1 aliphatic rings. The minimum atomic E-state index is 0.0540. The lowest BCUT2D eigenvalue weighted by atomic mass is 9.90. The number of hydrogen-bond donors (Lipinski definition) is 0. The van der Waals surface area contributed by atoms with Gasteiger partial charge in [0.15, 0.2) is 0 Å². The van der Waals surface area contributed by atoms with Crippen molar-refractivity contribution in [2.24, 2.45) is 5.92 Å². The first kappa shape index (κ1) is 19.7. The van der Waals surface area contributed by atoms with E-state index in [9.17, 15) is 0 Å². The Labute approximate surface area is 165 Å². The molecule has 3 rings (SSSR count). The van der Waals surface area contributed by atoms with E-state index in [1.54, 1.807) is 11.3 Å². The van der Waals surface area contributed by atoms with E-state index in [1.807, 2.05) is 11.8 Å². The molecule has 0 radical (unpaired) electrons. The summed E-state index contributed by atoms with van der Waals surface area (Å²) >= 11 is 3.54. The van der Waals surface area contributed by atoms with E-state index >= 15 is 0 Å². The first-order chi connectivity index (χ1) is 12.6. The molecule has 2 aromatic rings. The molecule has 1 aliphatic heterocycles. The standard InChI is InChI=1S/C21H28O3S2/c1-15(2)16(3)17-4-6-18(7-5-17)22-12-20(24-11-19-10-23-19)13-26-21-8-9-25-14-21/h4-9,14-16,19-20H,10-13H2,1-3H3. The van der Waals surface area contributed by atoms with Gasteiger partial charge in [-0.2, -0.15) is 11.3 Å². The average molecular weight is 393 g/mol. The number of thiophene rings is 1. The van der Waals surface area contributed by atoms with Crippen LogP contribution in [0.2, 0.25) is 0 Å². The molecule has 0 aliphatic carbocycles. The van der Waals surface area contributed by atoms with Crippen LogP contribution in [0.3, 0.4) is 0 Å². The van der Waals surface area contributed by atoms with Gasteiger partial charge in [0, 0.05) is 16.0 Å². The van der Waals surface area contributed by atoms with E-state index in [0.717, 1.165) is 18.1 Å². The lowest BCUT2D eigenvalue weighted by Gasteiger charge is -2.19. The molecule has 3 nitrogen and oxygen atoms in total. The molecule has 0 amide bonds. The lowest BCUT2D eigenvalue weighted by molar-refractivity contribution is 0.0270. The van der Waals surface area contributed by atoms with E-state index in [2.05, 4.69) is 61.9 Å². The van der Waals surface area contributed by atoms with E-state index in [-0.39, 0.29) is 12.2 Å². The number of benzene rings is 1. The van der Waals surface area contributed by atoms with E-state index in [0.29, 0.717) is 25.0 Å². The zero-order valence-electron chi connectivity index (χ0n) is 15.7. The third-order valence-electron chi connectivity index (χ3n) is 4.69. The minimum absolute atomic E-state index is 0.0540. The van der Waals surface area contributed by atoms with Gasteiger partial charge in [-0.15, -0.1) is 11.8 Å². The summed E-state index contributed by atoms with van der Waals surface area (Å²) in [7, 11) is 0. The van der Waals surface area contributed by atoms with Gasteiger partial charge >= 0.3 is 0 Å². The Kier molecular flexibility index (Phi) is 7.43. The highest BCUT2D eigenvalue weighted by atomic mass is 32.2. The zero-order valence-corrected chi connectivity index (χ0v) is 17.4. The molecular weight excluding hydrogens is 364 g/mol. The second-order valence-corrected chi connectivity index (χ2v) is 8.97. The third-order valence-corrected chi connectivity index (χ3v) is 6.65. The van der Waals surface area contributed by atoms with Crippen LogP contribution in [0.15, 0.2) is 46.0 Å². The van der Waals surface area contributed by atoms with Crippen LogP contribution in [0.4, 0.5) is 0 Å². The van der Waals surface area contributed by atoms with Gasteiger partial charge in [-0.3, -0.25) is 0 Å². The largest absolute Gasteiger partial charge is 0.491 e. The molecule has 1 aromatic carbocycles. The summed E-state index contributed by atoms with van der Waals surface area (Å²) in [6.45, 7) is 8.82. The predicted octanol–water partition coefficient (Wildman–Crippen LogP) is 5.46. The maximum Gasteiger partial charge on any atom is 0.119 e. The smallest absolute Gasteiger partial charge is 0.119 e. The Balaban J connectivity index is 1.50. The molecule has 142 valence electrons. The van der Waals surface area contributed by atoms with Crippen LogP contribution in [0.25, 0.3) is 0 Å². The highest BCUT2D eigenvalue weighted by molar-refractivity contribution is 7.99. The van der Waals surface area contributed by atoms with Crippen LogP contribution >= 0.6 is 23.1 Å².